The zero-order chi connectivity index (χ0) is 24.5. The van der Waals surface area contributed by atoms with Crippen molar-refractivity contribution in [3.63, 3.8) is 0 Å². The summed E-state index contributed by atoms with van der Waals surface area (Å²) in [4.78, 5) is 27.1. The van der Waals surface area contributed by atoms with Gasteiger partial charge in [0.2, 0.25) is 0 Å². The maximum Gasteiger partial charge on any atom is 0.269 e. The van der Waals surface area contributed by atoms with Crippen LogP contribution in [-0.4, -0.2) is 32.6 Å². The van der Waals surface area contributed by atoms with Gasteiger partial charge in [0.25, 0.3) is 11.6 Å². The largest absolute Gasteiger partial charge is 0.455 e. The van der Waals surface area contributed by atoms with Crippen molar-refractivity contribution in [2.45, 2.75) is 12.0 Å². The molecule has 174 valence electrons. The van der Waals surface area contributed by atoms with Gasteiger partial charge in [-0.1, -0.05) is 27.5 Å². The number of fused-ring (bicyclic) bond motifs is 2. The van der Waals surface area contributed by atoms with E-state index in [0.29, 0.717) is 22.6 Å². The molecule has 1 aliphatic rings. The van der Waals surface area contributed by atoms with Crippen LogP contribution >= 0.6 is 39.7 Å². The molecule has 0 fully saturated rings. The van der Waals surface area contributed by atoms with Crippen LogP contribution in [0.25, 0.3) is 0 Å². The Morgan fingerprint density at radius 2 is 1.91 bits per heavy atom. The minimum Gasteiger partial charge on any atom is -0.455 e. The Morgan fingerprint density at radius 3 is 2.59 bits per heavy atom. The Morgan fingerprint density at radius 1 is 1.21 bits per heavy atom. The van der Waals surface area contributed by atoms with Gasteiger partial charge in [0.05, 0.1) is 16.7 Å². The summed E-state index contributed by atoms with van der Waals surface area (Å²) in [5.41, 5.74) is 0.199. The van der Waals surface area contributed by atoms with Gasteiger partial charge in [-0.15, -0.1) is 0 Å². The molecule has 3 N–H and O–H groups in total. The fourth-order valence-corrected chi connectivity index (χ4v) is 4.58. The number of thiocarbonyl (C=S) groups is 1. The fraction of sp³-hybridized carbons (Fsp3) is 0.136. The second-order valence-electron chi connectivity index (χ2n) is 7.34. The van der Waals surface area contributed by atoms with E-state index in [1.807, 2.05) is 12.1 Å². The number of nitro groups is 1. The molecule has 0 radical (unpaired) electrons. The summed E-state index contributed by atoms with van der Waals surface area (Å²) in [6.45, 7) is -0.225. The first kappa shape index (κ1) is 24.0. The van der Waals surface area contributed by atoms with Gasteiger partial charge >= 0.3 is 0 Å². The lowest BCUT2D eigenvalue weighted by Gasteiger charge is -2.41. The van der Waals surface area contributed by atoms with Gasteiger partial charge in [0.1, 0.15) is 10.9 Å². The Labute approximate surface area is 212 Å². The molecule has 3 aromatic rings. The number of nitrogens with one attached hydrogen (secondary N) is 2. The number of aliphatic hydroxyl groups excluding tert-OH is 1. The lowest BCUT2D eigenvalue weighted by molar-refractivity contribution is -0.384. The summed E-state index contributed by atoms with van der Waals surface area (Å²) in [5, 5.41) is 26.8. The molecule has 1 aromatic heterocycles. The van der Waals surface area contributed by atoms with Crippen LogP contribution < -0.4 is 15.4 Å². The second kappa shape index (κ2) is 9.63. The van der Waals surface area contributed by atoms with Crippen molar-refractivity contribution < 1.29 is 19.6 Å². The van der Waals surface area contributed by atoms with Crippen LogP contribution in [0, 0.1) is 10.1 Å². The zero-order valence-electron chi connectivity index (χ0n) is 17.2. The predicted octanol–water partition coefficient (Wildman–Crippen LogP) is 4.44. The van der Waals surface area contributed by atoms with E-state index in [1.165, 1.54) is 30.5 Å². The molecule has 0 saturated heterocycles. The van der Waals surface area contributed by atoms with Crippen LogP contribution in [0.3, 0.4) is 0 Å². The molecule has 12 heteroatoms. The number of nitro benzene ring substituents is 1. The molecule has 1 amide bonds. The first-order valence-electron chi connectivity index (χ1n) is 9.86. The van der Waals surface area contributed by atoms with Gasteiger partial charge in [-0.25, -0.2) is 4.98 Å². The third kappa shape index (κ3) is 4.60. The molecule has 1 aliphatic heterocycles. The van der Waals surface area contributed by atoms with Crippen molar-refractivity contribution in [2.75, 3.05) is 6.61 Å². The average molecular weight is 564 g/mol. The Balaban J connectivity index is 1.70. The summed E-state index contributed by atoms with van der Waals surface area (Å²) in [6, 6.07) is 12.2. The van der Waals surface area contributed by atoms with E-state index in [1.54, 1.807) is 12.1 Å². The van der Waals surface area contributed by atoms with Crippen molar-refractivity contribution in [3.05, 3.63) is 91.2 Å². The fourth-order valence-electron chi connectivity index (χ4n) is 3.79. The SMILES string of the molecule is O=C(NC(=S)NC1(CCO)c2cc(Br)ccc2Oc2cnc(Cl)cc21)c1ccc([N+](=O)[O-])cc1. The number of aliphatic hydroxyl groups is 1. The molecule has 0 saturated carbocycles. The highest BCUT2D eigenvalue weighted by Gasteiger charge is 2.43. The summed E-state index contributed by atoms with van der Waals surface area (Å²) >= 11 is 15.1. The van der Waals surface area contributed by atoms with E-state index < -0.39 is 16.4 Å². The number of carbonyl (C=O) groups is 1. The summed E-state index contributed by atoms with van der Waals surface area (Å²) in [7, 11) is 0. The number of rotatable bonds is 5. The Bertz CT molecular complexity index is 1250. The van der Waals surface area contributed by atoms with E-state index in [2.05, 4.69) is 31.5 Å². The maximum absolute atomic E-state index is 12.7. The molecule has 9 nitrogen and oxygen atoms in total. The number of carbonyl (C=O) groups excluding carboxylic acids is 1. The van der Waals surface area contributed by atoms with E-state index in [9.17, 15) is 20.0 Å². The number of pyridine rings is 1. The van der Waals surface area contributed by atoms with Crippen molar-refractivity contribution in [2.24, 2.45) is 0 Å². The predicted molar refractivity (Wildman–Crippen MR) is 132 cm³/mol. The van der Waals surface area contributed by atoms with Gasteiger partial charge in [-0.2, -0.15) is 0 Å². The number of amides is 1. The number of aromatic nitrogens is 1. The third-order valence-electron chi connectivity index (χ3n) is 5.30. The number of halogens is 2. The van der Waals surface area contributed by atoms with Gasteiger partial charge in [0.15, 0.2) is 10.9 Å². The topological polar surface area (TPSA) is 127 Å². The molecule has 0 bridgehead atoms. The second-order valence-corrected chi connectivity index (χ2v) is 9.05. The molecule has 2 aromatic carbocycles. The smallest absolute Gasteiger partial charge is 0.269 e. The molecule has 1 atom stereocenters. The minimum atomic E-state index is -1.10. The molecule has 2 heterocycles. The number of benzene rings is 2. The van der Waals surface area contributed by atoms with Gasteiger partial charge in [-0.3, -0.25) is 20.2 Å². The number of non-ortho nitro benzene ring substituents is 1. The summed E-state index contributed by atoms with van der Waals surface area (Å²) in [5.74, 6) is 0.385. The lowest BCUT2D eigenvalue weighted by atomic mass is 9.78. The van der Waals surface area contributed by atoms with Crippen molar-refractivity contribution in [1.82, 2.24) is 15.6 Å². The quantitative estimate of drug-likeness (QED) is 0.180. The van der Waals surface area contributed by atoms with E-state index in [0.717, 1.165) is 4.47 Å². The van der Waals surface area contributed by atoms with E-state index in [4.69, 9.17) is 28.6 Å². The average Bonchev–Trinajstić information content (AvgIpc) is 2.80. The first-order valence-corrected chi connectivity index (χ1v) is 11.4. The van der Waals surface area contributed by atoms with Crippen LogP contribution in [0.1, 0.15) is 27.9 Å². The van der Waals surface area contributed by atoms with Crippen LogP contribution in [0.5, 0.6) is 11.5 Å². The van der Waals surface area contributed by atoms with Gasteiger partial charge in [0, 0.05) is 46.3 Å². The molecule has 4 rings (SSSR count). The van der Waals surface area contributed by atoms with E-state index >= 15 is 0 Å². The first-order chi connectivity index (χ1) is 16.2. The molecular weight excluding hydrogens is 548 g/mol. The normalized spacial score (nSPS) is 16.0. The third-order valence-corrected chi connectivity index (χ3v) is 6.20. The van der Waals surface area contributed by atoms with Gasteiger partial charge in [-0.05, 0) is 48.6 Å². The van der Waals surface area contributed by atoms with Crippen molar-refractivity contribution in [1.29, 1.82) is 0 Å². The van der Waals surface area contributed by atoms with Crippen LogP contribution in [0.15, 0.2) is 59.2 Å². The monoisotopic (exact) mass is 562 g/mol. The molecule has 0 aliphatic carbocycles. The number of hydrogen-bond donors (Lipinski definition) is 3. The lowest BCUT2D eigenvalue weighted by Crippen LogP contribution is -2.53. The Hall–Kier alpha value is -3.12. The summed E-state index contributed by atoms with van der Waals surface area (Å²) < 4.78 is 6.77. The minimum absolute atomic E-state index is 0.0245. The van der Waals surface area contributed by atoms with Gasteiger partial charge < -0.3 is 15.2 Å². The number of nitrogens with zero attached hydrogens (tertiary/aromatic N) is 2. The van der Waals surface area contributed by atoms with Crippen LogP contribution in [0.2, 0.25) is 5.15 Å². The van der Waals surface area contributed by atoms with Crippen molar-refractivity contribution in [3.8, 4) is 11.5 Å². The highest BCUT2D eigenvalue weighted by Crippen LogP contribution is 2.49. The zero-order valence-corrected chi connectivity index (χ0v) is 20.4. The number of hydrogen-bond acceptors (Lipinski definition) is 7. The molecule has 0 spiro atoms. The standard InChI is InChI=1S/C22H16BrClN4O5S/c23-13-3-6-17-15(9-13)22(7-8-29,16-10-19(24)25-11-18(16)33-17)27-21(34)26-20(30)12-1-4-14(5-2-12)28(31)32/h1-6,9-11,29H,7-8H2,(H2,26,27,30,34). The molecular formula is C22H16BrClN4O5S. The maximum atomic E-state index is 12.7. The molecule has 1 unspecified atom stereocenters. The molecule has 34 heavy (non-hydrogen) atoms. The van der Waals surface area contributed by atoms with E-state index in [-0.39, 0.29) is 34.5 Å². The summed E-state index contributed by atoms with van der Waals surface area (Å²) in [6.07, 6.45) is 1.65. The number of ether oxygens (including phenoxy) is 1. The Kier molecular flexibility index (Phi) is 6.80. The van der Waals surface area contributed by atoms with Crippen molar-refractivity contribution >= 4 is 56.5 Å². The van der Waals surface area contributed by atoms with Crippen LogP contribution in [0.4, 0.5) is 5.69 Å². The highest BCUT2D eigenvalue weighted by molar-refractivity contribution is 9.10. The van der Waals surface area contributed by atoms with Crippen LogP contribution in [-0.2, 0) is 5.54 Å². The highest BCUT2D eigenvalue weighted by atomic mass is 79.9.